The van der Waals surface area contributed by atoms with Gasteiger partial charge in [0.05, 0.1) is 22.1 Å². The molecule has 2 heterocycles. The van der Waals surface area contributed by atoms with Crippen LogP contribution >= 0.6 is 0 Å². The zero-order chi connectivity index (χ0) is 31.5. The fourth-order valence-electron chi connectivity index (χ4n) is 7.01. The molecule has 3 nitrogen and oxygen atoms in total. The molecule has 224 valence electrons. The summed E-state index contributed by atoms with van der Waals surface area (Å²) < 4.78 is 33.4. The molecule has 5 heteroatoms. The van der Waals surface area contributed by atoms with Crippen LogP contribution in [0.2, 0.25) is 0 Å². The highest BCUT2D eigenvalue weighted by Crippen LogP contribution is 2.42. The van der Waals surface area contributed by atoms with Gasteiger partial charge in [-0.25, -0.2) is 8.78 Å². The number of rotatable bonds is 5. The van der Waals surface area contributed by atoms with Gasteiger partial charge in [-0.2, -0.15) is 0 Å². The Bertz CT molecular complexity index is 2450. The topological polar surface area (TPSA) is 13.1 Å². The Kier molecular flexibility index (Phi) is 6.18. The van der Waals surface area contributed by atoms with E-state index in [0.29, 0.717) is 0 Å². The molecule has 0 unspecified atom stereocenters. The van der Waals surface area contributed by atoms with Crippen molar-refractivity contribution >= 4 is 60.7 Å². The molecule has 0 N–H and O–H groups in total. The van der Waals surface area contributed by atoms with Crippen LogP contribution in [0, 0.1) is 11.6 Å². The number of halogens is 2. The van der Waals surface area contributed by atoms with E-state index in [1.807, 2.05) is 54.6 Å². The first-order chi connectivity index (χ1) is 23.1. The molecule has 0 bridgehead atoms. The number of hydrogen-bond acceptors (Lipinski definition) is 1. The first-order valence-corrected chi connectivity index (χ1v) is 15.6. The number of para-hydroxylation sites is 3. The van der Waals surface area contributed by atoms with E-state index in [4.69, 9.17) is 0 Å². The Labute approximate surface area is 269 Å². The van der Waals surface area contributed by atoms with Crippen LogP contribution in [0.5, 0.6) is 0 Å². The van der Waals surface area contributed by atoms with Crippen LogP contribution in [-0.2, 0) is 0 Å². The van der Waals surface area contributed by atoms with Crippen LogP contribution in [0.3, 0.4) is 0 Å². The summed E-state index contributed by atoms with van der Waals surface area (Å²) in [4.78, 5) is 2.24. The lowest BCUT2D eigenvalue weighted by atomic mass is 10.1. The SMILES string of the molecule is Fc1cccc(-n2c3ccccc3c3ccc(N(c4ccccc4)c4ccc5c6ccccc6n(-c6cccc(F)c6)c5c4)cc32)c1. The average Bonchev–Trinajstić information content (AvgIpc) is 3.61. The zero-order valence-corrected chi connectivity index (χ0v) is 25.2. The van der Waals surface area contributed by atoms with Crippen molar-refractivity contribution in [3.8, 4) is 11.4 Å². The Morgan fingerprint density at radius 1 is 0.340 bits per heavy atom. The second kappa shape index (κ2) is 10.7. The lowest BCUT2D eigenvalue weighted by Crippen LogP contribution is -2.10. The summed E-state index contributed by atoms with van der Waals surface area (Å²) in [5, 5.41) is 4.38. The summed E-state index contributed by atoms with van der Waals surface area (Å²) in [7, 11) is 0. The molecule has 9 rings (SSSR count). The fraction of sp³-hybridized carbons (Fsp3) is 0. The third-order valence-electron chi connectivity index (χ3n) is 8.98. The van der Waals surface area contributed by atoms with Gasteiger partial charge in [-0.05, 0) is 84.9 Å². The Hall–Kier alpha value is -6.20. The molecule has 0 fully saturated rings. The highest BCUT2D eigenvalue weighted by molar-refractivity contribution is 6.12. The molecule has 9 aromatic rings. The molecule has 0 aliphatic rings. The third kappa shape index (κ3) is 4.39. The van der Waals surface area contributed by atoms with E-state index < -0.39 is 0 Å². The van der Waals surface area contributed by atoms with Gasteiger partial charge in [0.2, 0.25) is 0 Å². The molecule has 0 aliphatic carbocycles. The number of anilines is 3. The Balaban J connectivity index is 1.31. The van der Waals surface area contributed by atoms with Crippen LogP contribution in [0.4, 0.5) is 25.8 Å². The standard InChI is InChI=1S/C42H27F2N3/c43-28-10-8-14-31(24-28)46-39-18-6-4-16-35(39)37-22-20-33(26-41(37)46)45(30-12-2-1-3-13-30)34-21-23-38-36-17-5-7-19-40(36)47(42(38)27-34)32-15-9-11-29(44)25-32/h1-27H. The maximum Gasteiger partial charge on any atom is 0.125 e. The van der Waals surface area contributed by atoms with Crippen LogP contribution in [0.1, 0.15) is 0 Å². The molecule has 0 amide bonds. The van der Waals surface area contributed by atoms with Crippen LogP contribution in [0.15, 0.2) is 164 Å². The third-order valence-corrected chi connectivity index (χ3v) is 8.98. The van der Waals surface area contributed by atoms with Gasteiger partial charge in [-0.3, -0.25) is 0 Å². The summed E-state index contributed by atoms with van der Waals surface area (Å²) in [6.45, 7) is 0. The van der Waals surface area contributed by atoms with Crippen molar-refractivity contribution in [1.82, 2.24) is 9.13 Å². The average molecular weight is 612 g/mol. The van der Waals surface area contributed by atoms with Crippen LogP contribution in [0.25, 0.3) is 55.0 Å². The number of hydrogen-bond donors (Lipinski definition) is 0. The van der Waals surface area contributed by atoms with Crippen molar-refractivity contribution in [3.05, 3.63) is 175 Å². The van der Waals surface area contributed by atoms with Crippen molar-refractivity contribution in [2.24, 2.45) is 0 Å². The van der Waals surface area contributed by atoms with Gasteiger partial charge in [0.25, 0.3) is 0 Å². The molecule has 0 saturated heterocycles. The monoisotopic (exact) mass is 611 g/mol. The number of fused-ring (bicyclic) bond motifs is 6. The first-order valence-electron chi connectivity index (χ1n) is 15.6. The summed E-state index contributed by atoms with van der Waals surface area (Å²) in [5.41, 5.74) is 8.41. The van der Waals surface area contributed by atoms with Crippen LogP contribution < -0.4 is 4.90 Å². The molecule has 0 saturated carbocycles. The summed E-state index contributed by atoms with van der Waals surface area (Å²) >= 11 is 0. The predicted molar refractivity (Wildman–Crippen MR) is 190 cm³/mol. The van der Waals surface area contributed by atoms with E-state index in [-0.39, 0.29) is 11.6 Å². The maximum atomic E-state index is 14.5. The number of nitrogens with zero attached hydrogens (tertiary/aromatic N) is 3. The second-order valence-electron chi connectivity index (χ2n) is 11.7. The van der Waals surface area contributed by atoms with E-state index in [0.717, 1.165) is 72.0 Å². The zero-order valence-electron chi connectivity index (χ0n) is 25.2. The Morgan fingerprint density at radius 3 is 1.28 bits per heavy atom. The molecule has 0 aliphatic heterocycles. The quantitative estimate of drug-likeness (QED) is 0.189. The van der Waals surface area contributed by atoms with Gasteiger partial charge in [0.1, 0.15) is 11.6 Å². The van der Waals surface area contributed by atoms with E-state index in [9.17, 15) is 8.78 Å². The minimum absolute atomic E-state index is 0.280. The van der Waals surface area contributed by atoms with Crippen molar-refractivity contribution in [1.29, 1.82) is 0 Å². The van der Waals surface area contributed by atoms with Gasteiger partial charge in [0, 0.05) is 50.0 Å². The predicted octanol–water partition coefficient (Wildman–Crippen LogP) is 11.6. The molecule has 2 aromatic heterocycles. The summed E-state index contributed by atoms with van der Waals surface area (Å²) in [6.07, 6.45) is 0. The lowest BCUT2D eigenvalue weighted by Gasteiger charge is -2.26. The second-order valence-corrected chi connectivity index (χ2v) is 11.7. The summed E-state index contributed by atoms with van der Waals surface area (Å²) in [5.74, 6) is -0.560. The normalized spacial score (nSPS) is 11.6. The highest BCUT2D eigenvalue weighted by atomic mass is 19.1. The minimum atomic E-state index is -0.280. The number of aromatic nitrogens is 2. The summed E-state index contributed by atoms with van der Waals surface area (Å²) in [6, 6.07) is 53.2. The largest absolute Gasteiger partial charge is 0.310 e. The van der Waals surface area contributed by atoms with E-state index in [1.54, 1.807) is 24.3 Å². The van der Waals surface area contributed by atoms with Crippen molar-refractivity contribution in [2.75, 3.05) is 4.90 Å². The van der Waals surface area contributed by atoms with Gasteiger partial charge in [0.15, 0.2) is 0 Å². The molecule has 7 aromatic carbocycles. The van der Waals surface area contributed by atoms with Crippen molar-refractivity contribution < 1.29 is 8.78 Å². The van der Waals surface area contributed by atoms with Gasteiger partial charge < -0.3 is 14.0 Å². The van der Waals surface area contributed by atoms with E-state index >= 15 is 0 Å². The molecular formula is C42H27F2N3. The van der Waals surface area contributed by atoms with E-state index in [2.05, 4.69) is 86.8 Å². The van der Waals surface area contributed by atoms with Gasteiger partial charge >= 0.3 is 0 Å². The van der Waals surface area contributed by atoms with Crippen molar-refractivity contribution in [3.63, 3.8) is 0 Å². The molecular weight excluding hydrogens is 584 g/mol. The molecule has 0 spiro atoms. The first kappa shape index (κ1) is 27.1. The maximum absolute atomic E-state index is 14.5. The Morgan fingerprint density at radius 2 is 0.787 bits per heavy atom. The van der Waals surface area contributed by atoms with Crippen LogP contribution in [-0.4, -0.2) is 9.13 Å². The van der Waals surface area contributed by atoms with E-state index in [1.165, 1.54) is 12.1 Å². The minimum Gasteiger partial charge on any atom is -0.310 e. The number of benzene rings is 7. The van der Waals surface area contributed by atoms with Crippen molar-refractivity contribution in [2.45, 2.75) is 0 Å². The lowest BCUT2D eigenvalue weighted by molar-refractivity contribution is 0.626. The van der Waals surface area contributed by atoms with Gasteiger partial charge in [-0.15, -0.1) is 0 Å². The fourth-order valence-corrected chi connectivity index (χ4v) is 7.01. The highest BCUT2D eigenvalue weighted by Gasteiger charge is 2.20. The smallest absolute Gasteiger partial charge is 0.125 e. The molecule has 47 heavy (non-hydrogen) atoms. The molecule has 0 radical (unpaired) electrons. The molecule has 0 atom stereocenters. The van der Waals surface area contributed by atoms with Gasteiger partial charge in [-0.1, -0.05) is 78.9 Å².